The van der Waals surface area contributed by atoms with Crippen LogP contribution in [0.5, 0.6) is 11.5 Å². The van der Waals surface area contributed by atoms with Crippen molar-refractivity contribution in [1.29, 1.82) is 0 Å². The largest absolute Gasteiger partial charge is 0.495 e. The Labute approximate surface area is 166 Å². The van der Waals surface area contributed by atoms with Gasteiger partial charge < -0.3 is 13.9 Å². The van der Waals surface area contributed by atoms with Crippen molar-refractivity contribution in [3.8, 4) is 23.1 Å². The third-order valence-electron chi connectivity index (χ3n) is 4.60. The van der Waals surface area contributed by atoms with E-state index in [1.165, 1.54) is 0 Å². The quantitative estimate of drug-likeness (QED) is 0.424. The lowest BCUT2D eigenvalue weighted by Crippen LogP contribution is -1.98. The molecule has 0 atom stereocenters. The lowest BCUT2D eigenvalue weighted by molar-refractivity contribution is 0.301. The summed E-state index contributed by atoms with van der Waals surface area (Å²) in [5.74, 6) is 1.90. The van der Waals surface area contributed by atoms with Gasteiger partial charge in [-0.05, 0) is 36.4 Å². The van der Waals surface area contributed by atoms with Gasteiger partial charge in [0.1, 0.15) is 29.3 Å². The van der Waals surface area contributed by atoms with Crippen LogP contribution in [-0.4, -0.2) is 22.1 Å². The summed E-state index contributed by atoms with van der Waals surface area (Å²) in [5.41, 5.74) is 3.82. The molecule has 0 radical (unpaired) electrons. The second-order valence-electron chi connectivity index (χ2n) is 6.52. The van der Waals surface area contributed by atoms with E-state index in [0.717, 1.165) is 22.1 Å². The fourth-order valence-electron chi connectivity index (χ4n) is 3.07. The first kappa shape index (κ1) is 17.2. The van der Waals surface area contributed by atoms with Crippen molar-refractivity contribution in [2.75, 3.05) is 7.11 Å². The van der Waals surface area contributed by atoms with Crippen molar-refractivity contribution in [2.24, 2.45) is 0 Å². The normalized spacial score (nSPS) is 11.1. The minimum atomic E-state index is 0.354. The molecule has 0 unspecified atom stereocenters. The van der Waals surface area contributed by atoms with Gasteiger partial charge in [0.2, 0.25) is 5.89 Å². The Hall–Kier alpha value is -3.93. The number of methoxy groups -OCH3 is 1. The van der Waals surface area contributed by atoms with E-state index in [4.69, 9.17) is 13.9 Å². The topological polar surface area (TPSA) is 70.3 Å². The Kier molecular flexibility index (Phi) is 4.29. The molecule has 5 rings (SSSR count). The molecule has 3 heterocycles. The first-order valence-electron chi connectivity index (χ1n) is 9.17. The summed E-state index contributed by atoms with van der Waals surface area (Å²) in [6, 6.07) is 21.2. The van der Waals surface area contributed by atoms with Gasteiger partial charge in [-0.25, -0.2) is 9.97 Å². The van der Waals surface area contributed by atoms with Crippen LogP contribution in [0.15, 0.2) is 77.3 Å². The molecule has 6 nitrogen and oxygen atoms in total. The van der Waals surface area contributed by atoms with Crippen molar-refractivity contribution in [1.82, 2.24) is 15.0 Å². The van der Waals surface area contributed by atoms with Gasteiger partial charge >= 0.3 is 0 Å². The number of aromatic nitrogens is 3. The molecule has 0 saturated carbocycles. The molecule has 0 aliphatic rings. The summed E-state index contributed by atoms with van der Waals surface area (Å²) in [5, 5.41) is 1.08. The van der Waals surface area contributed by atoms with E-state index in [1.807, 2.05) is 66.7 Å². The second-order valence-corrected chi connectivity index (χ2v) is 6.52. The van der Waals surface area contributed by atoms with Crippen LogP contribution in [0.2, 0.25) is 0 Å². The van der Waals surface area contributed by atoms with E-state index in [1.54, 1.807) is 13.3 Å². The molecule has 5 aromatic rings. The Morgan fingerprint density at radius 2 is 1.76 bits per heavy atom. The fraction of sp³-hybridized carbons (Fsp3) is 0.0870. The average molecular weight is 383 g/mol. The van der Waals surface area contributed by atoms with Gasteiger partial charge in [-0.2, -0.15) is 0 Å². The van der Waals surface area contributed by atoms with Gasteiger partial charge in [-0.15, -0.1) is 0 Å². The van der Waals surface area contributed by atoms with Gasteiger partial charge in [0.05, 0.1) is 24.5 Å². The van der Waals surface area contributed by atoms with Crippen LogP contribution in [0.3, 0.4) is 0 Å². The highest BCUT2D eigenvalue weighted by atomic mass is 16.5. The smallest absolute Gasteiger partial charge is 0.246 e. The average Bonchev–Trinajstić information content (AvgIpc) is 3.21. The third-order valence-corrected chi connectivity index (χ3v) is 4.60. The van der Waals surface area contributed by atoms with Crippen LogP contribution in [0, 0.1) is 0 Å². The summed E-state index contributed by atoms with van der Waals surface area (Å²) in [6.45, 7) is 0.354. The maximum absolute atomic E-state index is 5.89. The Bertz CT molecular complexity index is 1300. The van der Waals surface area contributed by atoms with E-state index in [9.17, 15) is 0 Å². The van der Waals surface area contributed by atoms with Crippen molar-refractivity contribution >= 4 is 22.0 Å². The molecule has 0 fully saturated rings. The fourth-order valence-corrected chi connectivity index (χ4v) is 3.07. The Morgan fingerprint density at radius 3 is 2.62 bits per heavy atom. The lowest BCUT2D eigenvalue weighted by atomic mass is 10.2. The molecule has 2 aromatic carbocycles. The van der Waals surface area contributed by atoms with Gasteiger partial charge in [0.15, 0.2) is 5.58 Å². The van der Waals surface area contributed by atoms with Gasteiger partial charge in [-0.1, -0.05) is 24.3 Å². The van der Waals surface area contributed by atoms with Crippen LogP contribution in [0.25, 0.3) is 33.6 Å². The first-order valence-corrected chi connectivity index (χ1v) is 9.17. The van der Waals surface area contributed by atoms with Crippen LogP contribution < -0.4 is 9.47 Å². The summed E-state index contributed by atoms with van der Waals surface area (Å²) < 4.78 is 16.9. The van der Waals surface area contributed by atoms with E-state index < -0.39 is 0 Å². The monoisotopic (exact) mass is 383 g/mol. The lowest BCUT2D eigenvalue weighted by Gasteiger charge is -2.06. The van der Waals surface area contributed by atoms with E-state index in [2.05, 4.69) is 15.0 Å². The van der Waals surface area contributed by atoms with Crippen LogP contribution in [-0.2, 0) is 6.61 Å². The predicted octanol–water partition coefficient (Wildman–Crippen LogP) is 5.03. The number of ether oxygens (including phenoxy) is 2. The maximum atomic E-state index is 5.89. The van der Waals surface area contributed by atoms with Crippen LogP contribution >= 0.6 is 0 Å². The van der Waals surface area contributed by atoms with Crippen molar-refractivity contribution in [3.63, 3.8) is 0 Å². The standard InChI is InChI=1S/C23H17N3O3/c1-27-18-8-7-16(24-13-18)14-28-17-9-11-22-21(12-17)26-23(29-22)20-10-6-15-4-2-3-5-19(15)25-20/h2-13H,14H2,1H3. The molecule has 0 saturated heterocycles. The van der Waals surface area contributed by atoms with Crippen molar-refractivity contribution in [2.45, 2.75) is 6.61 Å². The van der Waals surface area contributed by atoms with Crippen LogP contribution in [0.4, 0.5) is 0 Å². The molecule has 142 valence electrons. The number of hydrogen-bond acceptors (Lipinski definition) is 6. The zero-order valence-corrected chi connectivity index (χ0v) is 15.7. The van der Waals surface area contributed by atoms with E-state index in [0.29, 0.717) is 35.3 Å². The van der Waals surface area contributed by atoms with Gasteiger partial charge in [-0.3, -0.25) is 4.98 Å². The summed E-state index contributed by atoms with van der Waals surface area (Å²) in [7, 11) is 1.61. The number of oxazole rings is 1. The van der Waals surface area contributed by atoms with E-state index >= 15 is 0 Å². The second kappa shape index (κ2) is 7.24. The highest BCUT2D eigenvalue weighted by molar-refractivity contribution is 5.82. The summed E-state index contributed by atoms with van der Waals surface area (Å²) in [6.07, 6.45) is 1.67. The van der Waals surface area contributed by atoms with Gasteiger partial charge in [0.25, 0.3) is 0 Å². The van der Waals surface area contributed by atoms with Crippen molar-refractivity contribution < 1.29 is 13.9 Å². The summed E-state index contributed by atoms with van der Waals surface area (Å²) in [4.78, 5) is 13.5. The number of pyridine rings is 2. The maximum Gasteiger partial charge on any atom is 0.246 e. The minimum Gasteiger partial charge on any atom is -0.495 e. The number of para-hydroxylation sites is 1. The van der Waals surface area contributed by atoms with Crippen LogP contribution in [0.1, 0.15) is 5.69 Å². The molecule has 3 aromatic heterocycles. The highest BCUT2D eigenvalue weighted by Crippen LogP contribution is 2.27. The first-order chi connectivity index (χ1) is 14.3. The number of hydrogen-bond donors (Lipinski definition) is 0. The molecule has 0 bridgehead atoms. The molecule has 0 aliphatic carbocycles. The molecule has 0 N–H and O–H groups in total. The van der Waals surface area contributed by atoms with E-state index in [-0.39, 0.29) is 0 Å². The predicted molar refractivity (Wildman–Crippen MR) is 110 cm³/mol. The number of fused-ring (bicyclic) bond motifs is 2. The molecule has 29 heavy (non-hydrogen) atoms. The third kappa shape index (κ3) is 3.48. The molecule has 0 amide bonds. The minimum absolute atomic E-state index is 0.354. The molecular formula is C23H17N3O3. The zero-order chi connectivity index (χ0) is 19.6. The SMILES string of the molecule is COc1ccc(COc2ccc3oc(-c4ccc5ccccc5n4)nc3c2)nc1. The number of benzene rings is 2. The Balaban J connectivity index is 1.38. The molecule has 0 spiro atoms. The Morgan fingerprint density at radius 1 is 0.862 bits per heavy atom. The number of nitrogens with zero attached hydrogens (tertiary/aromatic N) is 3. The number of rotatable bonds is 5. The summed E-state index contributed by atoms with van der Waals surface area (Å²) >= 11 is 0. The zero-order valence-electron chi connectivity index (χ0n) is 15.7. The molecular weight excluding hydrogens is 366 g/mol. The highest BCUT2D eigenvalue weighted by Gasteiger charge is 2.11. The van der Waals surface area contributed by atoms with Gasteiger partial charge in [0, 0.05) is 11.5 Å². The molecule has 0 aliphatic heterocycles. The molecule has 6 heteroatoms. The van der Waals surface area contributed by atoms with Crippen molar-refractivity contribution in [3.05, 3.63) is 78.6 Å².